The van der Waals surface area contributed by atoms with Crippen LogP contribution in [0.2, 0.25) is 0 Å². The van der Waals surface area contributed by atoms with Gasteiger partial charge in [0.05, 0.1) is 17.7 Å². The maximum absolute atomic E-state index is 5.75. The van der Waals surface area contributed by atoms with Crippen molar-refractivity contribution < 1.29 is 4.74 Å². The van der Waals surface area contributed by atoms with Gasteiger partial charge in [-0.05, 0) is 72.8 Å². The van der Waals surface area contributed by atoms with Crippen molar-refractivity contribution in [1.82, 2.24) is 14.7 Å². The summed E-state index contributed by atoms with van der Waals surface area (Å²) in [6, 6.07) is 1.11. The van der Waals surface area contributed by atoms with Crippen molar-refractivity contribution in [3.05, 3.63) is 24.0 Å². The van der Waals surface area contributed by atoms with E-state index in [0.29, 0.717) is 12.1 Å². The van der Waals surface area contributed by atoms with Gasteiger partial charge in [0.1, 0.15) is 0 Å². The summed E-state index contributed by atoms with van der Waals surface area (Å²) in [6.45, 7) is 16.1. The maximum atomic E-state index is 5.75. The molecule has 162 valence electrons. The molecule has 1 heterocycles. The van der Waals surface area contributed by atoms with Gasteiger partial charge < -0.3 is 14.5 Å². The van der Waals surface area contributed by atoms with E-state index in [9.17, 15) is 0 Å². The molecule has 0 amide bonds. The topological polar surface area (TPSA) is 31.3 Å². The van der Waals surface area contributed by atoms with Gasteiger partial charge in [-0.25, -0.2) is 0 Å². The third-order valence-corrected chi connectivity index (χ3v) is 6.26. The molecule has 0 aromatic carbocycles. The molecule has 1 aliphatic rings. The van der Waals surface area contributed by atoms with Crippen molar-refractivity contribution in [2.24, 2.45) is 4.99 Å². The quantitative estimate of drug-likeness (QED) is 0.318. The van der Waals surface area contributed by atoms with Gasteiger partial charge >= 0.3 is 0 Å². The lowest BCUT2D eigenvalue weighted by Crippen LogP contribution is -2.47. The lowest BCUT2D eigenvalue weighted by molar-refractivity contribution is 0.0843. The van der Waals surface area contributed by atoms with Crippen molar-refractivity contribution in [3.63, 3.8) is 0 Å². The molecule has 1 rings (SSSR count). The Morgan fingerprint density at radius 1 is 1.32 bits per heavy atom. The van der Waals surface area contributed by atoms with E-state index in [1.165, 1.54) is 24.1 Å². The number of ether oxygens (including phenoxy) is 1. The van der Waals surface area contributed by atoms with Crippen molar-refractivity contribution in [2.45, 2.75) is 71.2 Å². The highest BCUT2D eigenvalue weighted by molar-refractivity contribution is 7.94. The van der Waals surface area contributed by atoms with E-state index in [4.69, 9.17) is 4.74 Å². The minimum Gasteiger partial charge on any atom is -0.379 e. The van der Waals surface area contributed by atoms with E-state index in [1.807, 2.05) is 6.20 Å². The summed E-state index contributed by atoms with van der Waals surface area (Å²) in [4.78, 5) is 11.7. The summed E-state index contributed by atoms with van der Waals surface area (Å²) in [5.41, 5.74) is 4.26. The van der Waals surface area contributed by atoms with Crippen molar-refractivity contribution in [1.29, 1.82) is 0 Å². The molecule has 3 atom stereocenters. The highest BCUT2D eigenvalue weighted by atomic mass is 32.1. The number of likely N-dealkylation sites (N-methyl/N-ethyl adjacent to an activating group) is 1. The molecular weight excluding hydrogens is 368 g/mol. The van der Waals surface area contributed by atoms with Gasteiger partial charge in [-0.2, -0.15) is 0 Å². The molecule has 0 bridgehead atoms. The number of likely N-dealkylation sites (tertiary alicyclic amines) is 1. The summed E-state index contributed by atoms with van der Waals surface area (Å²) >= 11 is 4.12. The number of hydrogen-bond donors (Lipinski definition) is 1. The normalized spacial score (nSPS) is 20.9. The summed E-state index contributed by atoms with van der Waals surface area (Å²) < 4.78 is 5.75. The zero-order chi connectivity index (χ0) is 21.3. The van der Waals surface area contributed by atoms with Crippen molar-refractivity contribution >= 4 is 18.2 Å². The van der Waals surface area contributed by atoms with Crippen LogP contribution in [0.3, 0.4) is 0 Å². The third kappa shape index (κ3) is 6.90. The Morgan fingerprint density at radius 3 is 2.36 bits per heavy atom. The molecule has 0 aliphatic carbocycles. The van der Waals surface area contributed by atoms with Gasteiger partial charge in [-0.3, -0.25) is 9.89 Å². The minimum atomic E-state index is 0.0357. The Hall–Kier alpha value is -0.820. The van der Waals surface area contributed by atoms with Crippen LogP contribution >= 0.6 is 12.6 Å². The first-order valence-corrected chi connectivity index (χ1v) is 11.0. The standard InChI is InChI=1S/C22H42N4OS/c1-9-25(10-2)22(17(3)15-21(27-8)18(4)23-16-28)19(5)26-13-11-20(12-14-26)24(6)7/h9,16,18-21H,1,10-15H2,2-8H3,(H,23,28)/b22-17-/t18-,19?,21?/m0/s1. The molecule has 2 unspecified atom stereocenters. The van der Waals surface area contributed by atoms with Crippen LogP contribution in [-0.2, 0) is 4.74 Å². The van der Waals surface area contributed by atoms with Crippen LogP contribution in [0.1, 0.15) is 47.0 Å². The number of nitrogens with zero attached hydrogens (tertiary/aromatic N) is 4. The first-order valence-electron chi connectivity index (χ1n) is 10.5. The second-order valence-electron chi connectivity index (χ2n) is 8.02. The van der Waals surface area contributed by atoms with E-state index in [1.54, 1.807) is 12.7 Å². The molecule has 0 radical (unpaired) electrons. The number of rotatable bonds is 11. The van der Waals surface area contributed by atoms with Crippen LogP contribution < -0.4 is 0 Å². The van der Waals surface area contributed by atoms with Gasteiger partial charge in [-0.15, -0.1) is 12.6 Å². The fourth-order valence-corrected chi connectivity index (χ4v) is 4.47. The second-order valence-corrected chi connectivity index (χ2v) is 8.26. The second kappa shape index (κ2) is 12.7. The molecule has 0 spiro atoms. The SMILES string of the molecule is C=CN(CC)/C(=C(/C)CC(OC)[C@H](C)/N=C\S)C(C)N1CCC(N(C)C)CC1. The lowest BCUT2D eigenvalue weighted by atomic mass is 9.96. The van der Waals surface area contributed by atoms with Crippen LogP contribution in [-0.4, -0.2) is 85.3 Å². The predicted octanol–water partition coefficient (Wildman–Crippen LogP) is 3.89. The minimum absolute atomic E-state index is 0.0357. The number of hydrogen-bond acceptors (Lipinski definition) is 5. The Labute approximate surface area is 178 Å². The van der Waals surface area contributed by atoms with Gasteiger partial charge in [0, 0.05) is 44.5 Å². The Bertz CT molecular complexity index is 527. The molecular formula is C22H42N4OS. The fraction of sp³-hybridized carbons (Fsp3) is 0.773. The highest BCUT2D eigenvalue weighted by Gasteiger charge is 2.29. The summed E-state index contributed by atoms with van der Waals surface area (Å²) in [5, 5.41) is 0. The maximum Gasteiger partial charge on any atom is 0.0829 e. The zero-order valence-electron chi connectivity index (χ0n) is 19.1. The summed E-state index contributed by atoms with van der Waals surface area (Å²) in [6.07, 6.45) is 5.28. The van der Waals surface area contributed by atoms with Gasteiger partial charge in [0.25, 0.3) is 0 Å². The molecule has 1 saturated heterocycles. The van der Waals surface area contributed by atoms with Crippen LogP contribution in [0.4, 0.5) is 0 Å². The number of aliphatic imine (C=N–C) groups is 1. The fourth-order valence-electron chi connectivity index (χ4n) is 4.26. The Balaban J connectivity index is 3.06. The number of piperidine rings is 1. The smallest absolute Gasteiger partial charge is 0.0829 e. The first kappa shape index (κ1) is 25.2. The van der Waals surface area contributed by atoms with E-state index in [0.717, 1.165) is 26.1 Å². The van der Waals surface area contributed by atoms with Crippen LogP contribution in [0.5, 0.6) is 0 Å². The molecule has 28 heavy (non-hydrogen) atoms. The lowest BCUT2D eigenvalue weighted by Gasteiger charge is -2.41. The van der Waals surface area contributed by atoms with Crippen LogP contribution in [0.25, 0.3) is 0 Å². The van der Waals surface area contributed by atoms with E-state index < -0.39 is 0 Å². The van der Waals surface area contributed by atoms with Crippen molar-refractivity contribution in [2.75, 3.05) is 40.8 Å². The third-order valence-electron chi connectivity index (χ3n) is 6.13. The summed E-state index contributed by atoms with van der Waals surface area (Å²) in [7, 11) is 6.15. The Morgan fingerprint density at radius 2 is 1.93 bits per heavy atom. The van der Waals surface area contributed by atoms with Crippen LogP contribution in [0, 0.1) is 0 Å². The summed E-state index contributed by atoms with van der Waals surface area (Å²) in [5.74, 6) is 0. The van der Waals surface area contributed by atoms with E-state index in [2.05, 4.69) is 80.7 Å². The molecule has 0 saturated carbocycles. The van der Waals surface area contributed by atoms with Crippen LogP contribution in [0.15, 0.2) is 29.0 Å². The largest absolute Gasteiger partial charge is 0.379 e. The van der Waals surface area contributed by atoms with Gasteiger partial charge in [0.15, 0.2) is 0 Å². The molecule has 6 heteroatoms. The molecule has 0 aromatic rings. The molecule has 1 aliphatic heterocycles. The molecule has 5 nitrogen and oxygen atoms in total. The number of methoxy groups -OCH3 is 1. The zero-order valence-corrected chi connectivity index (χ0v) is 20.0. The average molecular weight is 411 g/mol. The highest BCUT2D eigenvalue weighted by Crippen LogP contribution is 2.27. The first-order chi connectivity index (χ1) is 13.3. The van der Waals surface area contributed by atoms with Gasteiger partial charge in [0.2, 0.25) is 0 Å². The number of thiol groups is 1. The van der Waals surface area contributed by atoms with Crippen molar-refractivity contribution in [3.8, 4) is 0 Å². The Kier molecular flexibility index (Phi) is 11.4. The van der Waals surface area contributed by atoms with E-state index >= 15 is 0 Å². The van der Waals surface area contributed by atoms with E-state index in [-0.39, 0.29) is 12.1 Å². The molecule has 1 fully saturated rings. The monoisotopic (exact) mass is 410 g/mol. The average Bonchev–Trinajstić information content (AvgIpc) is 2.69. The van der Waals surface area contributed by atoms with Gasteiger partial charge in [-0.1, -0.05) is 6.58 Å². The predicted molar refractivity (Wildman–Crippen MR) is 125 cm³/mol. The molecule has 0 N–H and O–H groups in total. The molecule has 0 aromatic heterocycles.